The van der Waals surface area contributed by atoms with Crippen molar-refractivity contribution in [3.63, 3.8) is 0 Å². The molecule has 1 N–H and O–H groups in total. The lowest BCUT2D eigenvalue weighted by Crippen LogP contribution is -2.56. The second kappa shape index (κ2) is 7.94. The maximum Gasteiger partial charge on any atom is 0.236 e. The number of para-hydroxylation sites is 1. The van der Waals surface area contributed by atoms with E-state index in [9.17, 15) is 9.18 Å². The summed E-state index contributed by atoms with van der Waals surface area (Å²) >= 11 is 0. The summed E-state index contributed by atoms with van der Waals surface area (Å²) in [6.45, 7) is 5.62. The molecular weight excluding hydrogens is 307 g/mol. The second-order valence-electron chi connectivity index (χ2n) is 6.64. The molecule has 0 bridgehead atoms. The molecule has 0 aliphatic carbocycles. The van der Waals surface area contributed by atoms with Gasteiger partial charge in [-0.05, 0) is 32.0 Å². The zero-order valence-electron chi connectivity index (χ0n) is 14.4. The minimum Gasteiger partial charge on any atom is -0.367 e. The van der Waals surface area contributed by atoms with Crippen LogP contribution in [0.1, 0.15) is 12.8 Å². The Balaban J connectivity index is 1.54. The number of piperazine rings is 1. The van der Waals surface area contributed by atoms with Crippen molar-refractivity contribution in [3.8, 4) is 0 Å². The van der Waals surface area contributed by atoms with E-state index in [-0.39, 0.29) is 11.7 Å². The van der Waals surface area contributed by atoms with E-state index in [1.807, 2.05) is 17.0 Å². The lowest BCUT2D eigenvalue weighted by molar-refractivity contribution is -0.132. The highest BCUT2D eigenvalue weighted by atomic mass is 19.1. The lowest BCUT2D eigenvalue weighted by atomic mass is 10.0. The zero-order chi connectivity index (χ0) is 16.9. The summed E-state index contributed by atoms with van der Waals surface area (Å²) in [5, 5.41) is 2.94. The van der Waals surface area contributed by atoms with Crippen LogP contribution >= 0.6 is 0 Å². The van der Waals surface area contributed by atoms with Crippen LogP contribution in [0.2, 0.25) is 0 Å². The van der Waals surface area contributed by atoms with Crippen LogP contribution in [-0.4, -0.2) is 74.6 Å². The molecule has 1 aromatic carbocycles. The van der Waals surface area contributed by atoms with Crippen molar-refractivity contribution in [2.75, 3.05) is 57.8 Å². The smallest absolute Gasteiger partial charge is 0.236 e. The highest BCUT2D eigenvalue weighted by Gasteiger charge is 2.30. The summed E-state index contributed by atoms with van der Waals surface area (Å²) in [5.41, 5.74) is 0.701. The van der Waals surface area contributed by atoms with Gasteiger partial charge in [-0.2, -0.15) is 0 Å². The van der Waals surface area contributed by atoms with Gasteiger partial charge in [0.05, 0.1) is 12.2 Å². The Bertz CT molecular complexity index is 560. The van der Waals surface area contributed by atoms with Crippen molar-refractivity contribution in [3.05, 3.63) is 30.1 Å². The topological polar surface area (TPSA) is 38.8 Å². The van der Waals surface area contributed by atoms with Crippen LogP contribution in [0.5, 0.6) is 0 Å². The third kappa shape index (κ3) is 3.87. The molecule has 24 heavy (non-hydrogen) atoms. The van der Waals surface area contributed by atoms with Gasteiger partial charge in [-0.25, -0.2) is 4.39 Å². The molecule has 1 aromatic rings. The van der Waals surface area contributed by atoms with E-state index in [4.69, 9.17) is 0 Å². The quantitative estimate of drug-likeness (QED) is 0.897. The average Bonchev–Trinajstić information content (AvgIpc) is 2.63. The molecule has 2 aliphatic heterocycles. The number of likely N-dealkylation sites (tertiary alicyclic amines) is 1. The number of hydrogen-bond donors (Lipinski definition) is 1. The first-order chi connectivity index (χ1) is 11.7. The van der Waals surface area contributed by atoms with Gasteiger partial charge in [-0.15, -0.1) is 0 Å². The highest BCUT2D eigenvalue weighted by Crippen LogP contribution is 2.23. The Morgan fingerprint density at radius 1 is 1.21 bits per heavy atom. The second-order valence-corrected chi connectivity index (χ2v) is 6.64. The predicted octanol–water partition coefficient (Wildman–Crippen LogP) is 1.16. The van der Waals surface area contributed by atoms with Gasteiger partial charge >= 0.3 is 0 Å². The third-order valence-electron chi connectivity index (χ3n) is 5.10. The summed E-state index contributed by atoms with van der Waals surface area (Å²) in [4.78, 5) is 18.7. The van der Waals surface area contributed by atoms with Crippen molar-refractivity contribution in [2.45, 2.75) is 18.9 Å². The SMILES string of the molecule is CNCC(=O)N1CCC[C@@H](N2CCN(c3ccccc3F)CC2)C1. The van der Waals surface area contributed by atoms with Crippen LogP contribution in [0.15, 0.2) is 24.3 Å². The zero-order valence-corrected chi connectivity index (χ0v) is 14.4. The minimum absolute atomic E-state index is 0.146. The van der Waals surface area contributed by atoms with Gasteiger partial charge in [0, 0.05) is 45.3 Å². The Labute approximate surface area is 143 Å². The molecule has 0 aromatic heterocycles. The molecule has 0 radical (unpaired) electrons. The Morgan fingerprint density at radius 3 is 2.67 bits per heavy atom. The Kier molecular flexibility index (Phi) is 5.68. The number of likely N-dealkylation sites (N-methyl/N-ethyl adjacent to an activating group) is 1. The maximum absolute atomic E-state index is 13.9. The van der Waals surface area contributed by atoms with E-state index in [0.29, 0.717) is 18.3 Å². The molecule has 2 fully saturated rings. The molecule has 132 valence electrons. The number of benzene rings is 1. The van der Waals surface area contributed by atoms with Crippen LogP contribution in [0.4, 0.5) is 10.1 Å². The average molecular weight is 334 g/mol. The number of nitrogens with one attached hydrogen (secondary N) is 1. The number of nitrogens with zero attached hydrogens (tertiary/aromatic N) is 3. The maximum atomic E-state index is 13.9. The summed E-state index contributed by atoms with van der Waals surface area (Å²) in [7, 11) is 1.81. The molecule has 2 aliphatic rings. The number of hydrogen-bond acceptors (Lipinski definition) is 4. The van der Waals surface area contributed by atoms with Crippen LogP contribution in [-0.2, 0) is 4.79 Å². The molecule has 0 unspecified atom stereocenters. The van der Waals surface area contributed by atoms with Gasteiger partial charge in [-0.3, -0.25) is 9.69 Å². The van der Waals surface area contributed by atoms with E-state index < -0.39 is 0 Å². The molecule has 0 saturated carbocycles. The van der Waals surface area contributed by atoms with Gasteiger partial charge < -0.3 is 15.1 Å². The summed E-state index contributed by atoms with van der Waals surface area (Å²) < 4.78 is 13.9. The molecule has 1 amide bonds. The van der Waals surface area contributed by atoms with Crippen LogP contribution in [0.3, 0.4) is 0 Å². The first-order valence-corrected chi connectivity index (χ1v) is 8.85. The molecule has 3 rings (SSSR count). The van der Waals surface area contributed by atoms with E-state index in [1.165, 1.54) is 6.07 Å². The number of carbonyl (C=O) groups excluding carboxylic acids is 1. The normalized spacial score (nSPS) is 22.7. The lowest BCUT2D eigenvalue weighted by Gasteiger charge is -2.44. The fourth-order valence-corrected chi connectivity index (χ4v) is 3.78. The number of halogens is 1. The van der Waals surface area contributed by atoms with E-state index in [0.717, 1.165) is 52.1 Å². The van der Waals surface area contributed by atoms with Crippen molar-refractivity contribution in [1.82, 2.24) is 15.1 Å². The van der Waals surface area contributed by atoms with Crippen molar-refractivity contribution in [2.24, 2.45) is 0 Å². The third-order valence-corrected chi connectivity index (χ3v) is 5.10. The van der Waals surface area contributed by atoms with Gasteiger partial charge in [0.2, 0.25) is 5.91 Å². The van der Waals surface area contributed by atoms with Crippen LogP contribution in [0.25, 0.3) is 0 Å². The number of carbonyl (C=O) groups is 1. The van der Waals surface area contributed by atoms with E-state index in [2.05, 4.69) is 15.1 Å². The summed E-state index contributed by atoms with van der Waals surface area (Å²) in [6.07, 6.45) is 2.21. The van der Waals surface area contributed by atoms with Gasteiger partial charge in [0.25, 0.3) is 0 Å². The molecular formula is C18H27FN4O. The molecule has 0 spiro atoms. The number of rotatable bonds is 4. The molecule has 5 nitrogen and oxygen atoms in total. The van der Waals surface area contributed by atoms with Crippen LogP contribution in [0, 0.1) is 5.82 Å². The number of anilines is 1. The van der Waals surface area contributed by atoms with Gasteiger partial charge in [0.1, 0.15) is 5.82 Å². The minimum atomic E-state index is -0.146. The van der Waals surface area contributed by atoms with Crippen molar-refractivity contribution < 1.29 is 9.18 Å². The number of amides is 1. The monoisotopic (exact) mass is 334 g/mol. The van der Waals surface area contributed by atoms with E-state index in [1.54, 1.807) is 13.1 Å². The predicted molar refractivity (Wildman–Crippen MR) is 93.7 cm³/mol. The van der Waals surface area contributed by atoms with Gasteiger partial charge in [0.15, 0.2) is 0 Å². The largest absolute Gasteiger partial charge is 0.367 e. The molecule has 6 heteroatoms. The Hall–Kier alpha value is -1.66. The van der Waals surface area contributed by atoms with Crippen molar-refractivity contribution in [1.29, 1.82) is 0 Å². The fraction of sp³-hybridized carbons (Fsp3) is 0.611. The summed E-state index contributed by atoms with van der Waals surface area (Å²) in [5.74, 6) is 0.0413. The first-order valence-electron chi connectivity index (χ1n) is 8.85. The molecule has 2 heterocycles. The highest BCUT2D eigenvalue weighted by molar-refractivity contribution is 5.78. The first kappa shape index (κ1) is 17.2. The number of piperidine rings is 1. The Morgan fingerprint density at radius 2 is 1.96 bits per heavy atom. The summed E-state index contributed by atoms with van der Waals surface area (Å²) in [6, 6.07) is 7.42. The fourth-order valence-electron chi connectivity index (χ4n) is 3.78. The van der Waals surface area contributed by atoms with Gasteiger partial charge in [-0.1, -0.05) is 12.1 Å². The molecule has 2 saturated heterocycles. The van der Waals surface area contributed by atoms with Crippen molar-refractivity contribution >= 4 is 11.6 Å². The standard InChI is InChI=1S/C18H27FN4O/c1-20-13-18(24)23-8-4-5-15(14-23)21-9-11-22(12-10-21)17-7-3-2-6-16(17)19/h2-3,6-7,15,20H,4-5,8-14H2,1H3/t15-/m1/s1. The van der Waals surface area contributed by atoms with E-state index >= 15 is 0 Å². The molecule has 1 atom stereocenters. The van der Waals surface area contributed by atoms with Crippen LogP contribution < -0.4 is 10.2 Å².